The lowest BCUT2D eigenvalue weighted by atomic mass is 10.1. The van der Waals surface area contributed by atoms with E-state index in [0.29, 0.717) is 22.6 Å². The van der Waals surface area contributed by atoms with Crippen molar-refractivity contribution < 1.29 is 14.0 Å². The molecule has 154 valence electrons. The second-order valence-electron chi connectivity index (χ2n) is 7.36. The van der Waals surface area contributed by atoms with E-state index in [2.05, 4.69) is 15.5 Å². The van der Waals surface area contributed by atoms with Crippen LogP contribution in [0.5, 0.6) is 0 Å². The van der Waals surface area contributed by atoms with Crippen molar-refractivity contribution in [3.05, 3.63) is 83.8 Å². The Labute approximate surface area is 175 Å². The second-order valence-corrected chi connectivity index (χ2v) is 7.36. The van der Waals surface area contributed by atoms with Crippen LogP contribution in [0.25, 0.3) is 0 Å². The molecular weight excluding hydrogens is 378 g/mol. The zero-order valence-corrected chi connectivity index (χ0v) is 16.8. The first-order valence-corrected chi connectivity index (χ1v) is 10.3. The van der Waals surface area contributed by atoms with Gasteiger partial charge in [-0.25, -0.2) is 0 Å². The van der Waals surface area contributed by atoms with Gasteiger partial charge in [0.1, 0.15) is 5.76 Å². The summed E-state index contributed by atoms with van der Waals surface area (Å²) >= 11 is 0. The largest absolute Gasteiger partial charge is 0.467 e. The molecule has 0 aliphatic carbocycles. The van der Waals surface area contributed by atoms with E-state index < -0.39 is 0 Å². The number of carbonyl (C=O) groups is 2. The van der Waals surface area contributed by atoms with Crippen LogP contribution in [0, 0.1) is 0 Å². The van der Waals surface area contributed by atoms with Gasteiger partial charge < -0.3 is 20.0 Å². The molecule has 0 bridgehead atoms. The summed E-state index contributed by atoms with van der Waals surface area (Å²) in [5, 5.41) is 5.67. The Bertz CT molecular complexity index is 991. The fraction of sp³-hybridized carbons (Fsp3) is 0.250. The third kappa shape index (κ3) is 4.71. The summed E-state index contributed by atoms with van der Waals surface area (Å²) in [4.78, 5) is 27.7. The van der Waals surface area contributed by atoms with Crippen molar-refractivity contribution in [3.8, 4) is 0 Å². The summed E-state index contributed by atoms with van der Waals surface area (Å²) < 4.78 is 5.24. The average molecular weight is 403 g/mol. The van der Waals surface area contributed by atoms with E-state index in [-0.39, 0.29) is 18.4 Å². The van der Waals surface area contributed by atoms with Gasteiger partial charge in [-0.15, -0.1) is 0 Å². The number of nitrogens with one attached hydrogen (secondary N) is 2. The van der Waals surface area contributed by atoms with Gasteiger partial charge in [0.2, 0.25) is 0 Å². The summed E-state index contributed by atoms with van der Waals surface area (Å²) in [6, 6.07) is 18.2. The van der Waals surface area contributed by atoms with E-state index in [4.69, 9.17) is 4.42 Å². The molecule has 1 saturated heterocycles. The van der Waals surface area contributed by atoms with Crippen LogP contribution in [-0.2, 0) is 6.54 Å². The standard InChI is InChI=1S/C24H25N3O3/c28-23(18-10-12-19(13-11-18)27-14-4-1-5-15-27)26-22-9-3-2-8-21(22)24(29)25-17-20-7-6-16-30-20/h2-3,6-13,16H,1,4-5,14-15,17H2,(H,25,29)(H,26,28). The molecule has 1 aliphatic rings. The summed E-state index contributed by atoms with van der Waals surface area (Å²) in [7, 11) is 0. The van der Waals surface area contributed by atoms with E-state index in [1.54, 1.807) is 42.7 Å². The quantitative estimate of drug-likeness (QED) is 0.638. The number of amides is 2. The Morgan fingerprint density at radius 2 is 1.63 bits per heavy atom. The fourth-order valence-corrected chi connectivity index (χ4v) is 3.64. The number of benzene rings is 2. The third-order valence-electron chi connectivity index (χ3n) is 5.27. The fourth-order valence-electron chi connectivity index (χ4n) is 3.64. The number of para-hydroxylation sites is 1. The van der Waals surface area contributed by atoms with E-state index in [0.717, 1.165) is 18.8 Å². The highest BCUT2D eigenvalue weighted by Crippen LogP contribution is 2.21. The van der Waals surface area contributed by atoms with Gasteiger partial charge in [-0.3, -0.25) is 9.59 Å². The average Bonchev–Trinajstić information content (AvgIpc) is 3.32. The minimum atomic E-state index is -0.275. The smallest absolute Gasteiger partial charge is 0.255 e. The van der Waals surface area contributed by atoms with Crippen LogP contribution in [0.4, 0.5) is 11.4 Å². The van der Waals surface area contributed by atoms with Crippen molar-refractivity contribution in [1.29, 1.82) is 0 Å². The highest BCUT2D eigenvalue weighted by atomic mass is 16.3. The normalized spacial score (nSPS) is 13.7. The van der Waals surface area contributed by atoms with Crippen molar-refractivity contribution >= 4 is 23.2 Å². The summed E-state index contributed by atoms with van der Waals surface area (Å²) in [5.74, 6) is 0.146. The van der Waals surface area contributed by atoms with Crippen LogP contribution in [0.1, 0.15) is 45.7 Å². The van der Waals surface area contributed by atoms with Gasteiger partial charge in [0.05, 0.1) is 24.1 Å². The molecule has 2 aromatic carbocycles. The predicted molar refractivity (Wildman–Crippen MR) is 117 cm³/mol. The first-order chi connectivity index (χ1) is 14.7. The van der Waals surface area contributed by atoms with Crippen molar-refractivity contribution in [1.82, 2.24) is 5.32 Å². The number of rotatable bonds is 6. The van der Waals surface area contributed by atoms with E-state index in [1.165, 1.54) is 19.3 Å². The number of hydrogen-bond donors (Lipinski definition) is 2. The Hall–Kier alpha value is -3.54. The first-order valence-electron chi connectivity index (χ1n) is 10.3. The summed E-state index contributed by atoms with van der Waals surface area (Å²) in [6.45, 7) is 2.41. The van der Waals surface area contributed by atoms with Crippen molar-refractivity contribution in [2.75, 3.05) is 23.3 Å². The SMILES string of the molecule is O=C(Nc1ccccc1C(=O)NCc1ccco1)c1ccc(N2CCCCC2)cc1. The maximum absolute atomic E-state index is 12.7. The molecule has 0 saturated carbocycles. The van der Waals surface area contributed by atoms with Crippen molar-refractivity contribution in [2.24, 2.45) is 0 Å². The monoisotopic (exact) mass is 403 g/mol. The third-order valence-corrected chi connectivity index (χ3v) is 5.27. The molecule has 1 fully saturated rings. The van der Waals surface area contributed by atoms with Crippen LogP contribution < -0.4 is 15.5 Å². The lowest BCUT2D eigenvalue weighted by molar-refractivity contribution is 0.0949. The molecule has 2 amide bonds. The molecule has 6 nitrogen and oxygen atoms in total. The van der Waals surface area contributed by atoms with Gasteiger partial charge in [0.25, 0.3) is 11.8 Å². The Balaban J connectivity index is 1.42. The molecule has 6 heteroatoms. The van der Waals surface area contributed by atoms with Crippen LogP contribution in [0.2, 0.25) is 0 Å². The molecule has 30 heavy (non-hydrogen) atoms. The van der Waals surface area contributed by atoms with Crippen LogP contribution in [0.3, 0.4) is 0 Å². The topological polar surface area (TPSA) is 74.6 Å². The molecule has 1 aromatic heterocycles. The highest BCUT2D eigenvalue weighted by molar-refractivity contribution is 6.09. The second kappa shape index (κ2) is 9.31. The minimum Gasteiger partial charge on any atom is -0.467 e. The lowest BCUT2D eigenvalue weighted by Gasteiger charge is -2.28. The van der Waals surface area contributed by atoms with Crippen molar-refractivity contribution in [3.63, 3.8) is 0 Å². The molecule has 2 heterocycles. The number of anilines is 2. The van der Waals surface area contributed by atoms with Crippen LogP contribution >= 0.6 is 0 Å². The molecule has 1 aliphatic heterocycles. The number of carbonyl (C=O) groups excluding carboxylic acids is 2. The number of nitrogens with zero attached hydrogens (tertiary/aromatic N) is 1. The maximum atomic E-state index is 12.7. The Morgan fingerprint density at radius 1 is 0.867 bits per heavy atom. The minimum absolute atomic E-state index is 0.244. The van der Waals surface area contributed by atoms with E-state index >= 15 is 0 Å². The highest BCUT2D eigenvalue weighted by Gasteiger charge is 2.15. The van der Waals surface area contributed by atoms with Gasteiger partial charge in [-0.2, -0.15) is 0 Å². The Kier molecular flexibility index (Phi) is 6.13. The molecular formula is C24H25N3O3. The predicted octanol–water partition coefficient (Wildman–Crippen LogP) is 4.45. The molecule has 0 atom stereocenters. The molecule has 2 N–H and O–H groups in total. The zero-order valence-electron chi connectivity index (χ0n) is 16.8. The zero-order chi connectivity index (χ0) is 20.8. The van der Waals surface area contributed by atoms with Crippen LogP contribution in [0.15, 0.2) is 71.3 Å². The number of piperidine rings is 1. The maximum Gasteiger partial charge on any atom is 0.255 e. The first kappa shape index (κ1) is 19.8. The van der Waals surface area contributed by atoms with E-state index in [9.17, 15) is 9.59 Å². The number of furan rings is 1. The molecule has 4 rings (SSSR count). The Morgan fingerprint density at radius 3 is 2.37 bits per heavy atom. The van der Waals surface area contributed by atoms with Gasteiger partial charge >= 0.3 is 0 Å². The summed E-state index contributed by atoms with van der Waals surface area (Å²) in [5.41, 5.74) is 2.58. The molecule has 3 aromatic rings. The van der Waals surface area contributed by atoms with Gasteiger partial charge in [-0.05, 0) is 67.8 Å². The summed E-state index contributed by atoms with van der Waals surface area (Å²) in [6.07, 6.45) is 5.26. The molecule has 0 radical (unpaired) electrons. The van der Waals surface area contributed by atoms with Gasteiger partial charge in [0.15, 0.2) is 0 Å². The van der Waals surface area contributed by atoms with Crippen molar-refractivity contribution in [2.45, 2.75) is 25.8 Å². The lowest BCUT2D eigenvalue weighted by Crippen LogP contribution is -2.29. The van der Waals surface area contributed by atoms with E-state index in [1.807, 2.05) is 24.3 Å². The number of hydrogen-bond acceptors (Lipinski definition) is 4. The van der Waals surface area contributed by atoms with Gasteiger partial charge in [-0.1, -0.05) is 12.1 Å². The molecule has 0 unspecified atom stereocenters. The van der Waals surface area contributed by atoms with Gasteiger partial charge in [0, 0.05) is 24.3 Å². The molecule has 0 spiro atoms. The van der Waals surface area contributed by atoms with Crippen LogP contribution in [-0.4, -0.2) is 24.9 Å².